The van der Waals surface area contributed by atoms with Crippen molar-refractivity contribution in [3.63, 3.8) is 0 Å². The molecule has 8 aromatic carbocycles. The van der Waals surface area contributed by atoms with Crippen LogP contribution in [-0.2, 0) is 0 Å². The Morgan fingerprint density at radius 2 is 0.902 bits per heavy atom. The van der Waals surface area contributed by atoms with Crippen molar-refractivity contribution in [3.8, 4) is 62.1 Å². The van der Waals surface area contributed by atoms with Crippen molar-refractivity contribution in [1.82, 2.24) is 19.5 Å². The zero-order valence-corrected chi connectivity index (χ0v) is 27.5. The average Bonchev–Trinajstić information content (AvgIpc) is 3.49. The summed E-state index contributed by atoms with van der Waals surface area (Å²) in [6, 6.07) is 60.3. The van der Waals surface area contributed by atoms with Crippen LogP contribution >= 0.6 is 0 Å². The first kappa shape index (κ1) is 28.0. The maximum atomic E-state index is 5.04. The van der Waals surface area contributed by atoms with Crippen molar-refractivity contribution < 1.29 is 0 Å². The highest BCUT2D eigenvalue weighted by Gasteiger charge is 2.25. The molecule has 0 unspecified atom stereocenters. The Kier molecular flexibility index (Phi) is 5.92. The van der Waals surface area contributed by atoms with E-state index in [-0.39, 0.29) is 0 Å². The largest absolute Gasteiger partial charge is 0.309 e. The van der Waals surface area contributed by atoms with Crippen LogP contribution in [-0.4, -0.2) is 19.5 Å². The summed E-state index contributed by atoms with van der Waals surface area (Å²) < 4.78 is 2.42. The lowest BCUT2D eigenvalue weighted by Gasteiger charge is -2.15. The lowest BCUT2D eigenvalue weighted by atomic mass is 9.90. The lowest BCUT2D eigenvalue weighted by Crippen LogP contribution is -2.01. The first-order valence-electron chi connectivity index (χ1n) is 17.3. The molecule has 0 fully saturated rings. The van der Waals surface area contributed by atoms with Crippen molar-refractivity contribution in [3.05, 3.63) is 170 Å². The predicted molar refractivity (Wildman–Crippen MR) is 210 cm³/mol. The summed E-state index contributed by atoms with van der Waals surface area (Å²) in [5.74, 6) is 1.94. The van der Waals surface area contributed by atoms with Crippen LogP contribution < -0.4 is 0 Å². The van der Waals surface area contributed by atoms with Gasteiger partial charge in [-0.3, -0.25) is 0 Å². The molecule has 0 spiro atoms. The van der Waals surface area contributed by atoms with E-state index >= 15 is 0 Å². The molecule has 0 saturated heterocycles. The molecule has 0 atom stereocenters. The molecule has 1 aliphatic rings. The quantitative estimate of drug-likeness (QED) is 0.178. The minimum Gasteiger partial charge on any atom is -0.309 e. The van der Waals surface area contributed by atoms with Gasteiger partial charge in [0.15, 0.2) is 17.5 Å². The predicted octanol–water partition coefficient (Wildman–Crippen LogP) is 11.9. The van der Waals surface area contributed by atoms with E-state index in [4.69, 9.17) is 15.0 Å². The first-order chi connectivity index (χ1) is 25.3. The van der Waals surface area contributed by atoms with Crippen molar-refractivity contribution in [2.45, 2.75) is 0 Å². The van der Waals surface area contributed by atoms with E-state index in [1.54, 1.807) is 0 Å². The molecule has 1 aliphatic carbocycles. The number of rotatable bonds is 4. The molecule has 51 heavy (non-hydrogen) atoms. The van der Waals surface area contributed by atoms with Crippen LogP contribution in [0.15, 0.2) is 170 Å². The van der Waals surface area contributed by atoms with E-state index in [0.717, 1.165) is 22.4 Å². The summed E-state index contributed by atoms with van der Waals surface area (Å²) >= 11 is 0. The van der Waals surface area contributed by atoms with Gasteiger partial charge in [-0.15, -0.1) is 0 Å². The molecule has 0 amide bonds. The molecule has 0 aliphatic heterocycles. The van der Waals surface area contributed by atoms with Gasteiger partial charge in [0.25, 0.3) is 0 Å². The number of benzene rings is 8. The second kappa shape index (κ2) is 10.8. The molecule has 0 saturated carbocycles. The smallest absolute Gasteiger partial charge is 0.164 e. The van der Waals surface area contributed by atoms with Crippen molar-refractivity contribution in [2.24, 2.45) is 0 Å². The summed E-state index contributed by atoms with van der Waals surface area (Å²) in [7, 11) is 0. The van der Waals surface area contributed by atoms with Gasteiger partial charge in [-0.25, -0.2) is 15.0 Å². The fourth-order valence-corrected chi connectivity index (χ4v) is 8.14. The Morgan fingerprint density at radius 1 is 0.333 bits per heavy atom. The number of hydrogen-bond donors (Lipinski definition) is 0. The molecule has 4 nitrogen and oxygen atoms in total. The molecule has 10 aromatic rings. The summed E-state index contributed by atoms with van der Waals surface area (Å²) in [4.78, 5) is 15.0. The van der Waals surface area contributed by atoms with Crippen LogP contribution in [0.5, 0.6) is 0 Å². The number of aromatic nitrogens is 4. The highest BCUT2D eigenvalue weighted by Crippen LogP contribution is 2.51. The molecule has 0 radical (unpaired) electrons. The third-order valence-electron chi connectivity index (χ3n) is 10.3. The standard InChI is InChI=1S/C47H28N4/c1-3-13-29(14-4-1)45-48-46(30-15-5-2-6-16-30)50-47(49-45)32-18-11-19-33(27-32)51-40-24-12-23-37-35-21-9-10-22-36(35)39-28-31-17-7-8-20-34(31)38-25-26-41(51)44(42(38)39)43(37)40/h1-28H. The van der Waals surface area contributed by atoms with Gasteiger partial charge in [-0.05, 0) is 68.7 Å². The Labute approximate surface area is 294 Å². The van der Waals surface area contributed by atoms with Crippen LogP contribution in [0.25, 0.3) is 105 Å². The van der Waals surface area contributed by atoms with E-state index in [1.807, 2.05) is 60.7 Å². The number of hydrogen-bond acceptors (Lipinski definition) is 3. The Bertz CT molecular complexity index is 2960. The van der Waals surface area contributed by atoms with E-state index in [0.29, 0.717) is 17.5 Å². The van der Waals surface area contributed by atoms with E-state index in [9.17, 15) is 0 Å². The molecular formula is C47H28N4. The Balaban J connectivity index is 1.20. The van der Waals surface area contributed by atoms with Crippen molar-refractivity contribution in [1.29, 1.82) is 0 Å². The van der Waals surface area contributed by atoms with Gasteiger partial charge in [-0.2, -0.15) is 0 Å². The molecule has 2 aromatic heterocycles. The van der Waals surface area contributed by atoms with E-state index in [2.05, 4.69) is 114 Å². The maximum absolute atomic E-state index is 5.04. The summed E-state index contributed by atoms with van der Waals surface area (Å²) in [5.41, 5.74) is 11.3. The van der Waals surface area contributed by atoms with Gasteiger partial charge >= 0.3 is 0 Å². The zero-order chi connectivity index (χ0) is 33.5. The summed E-state index contributed by atoms with van der Waals surface area (Å²) in [5, 5.41) is 7.69. The fourth-order valence-electron chi connectivity index (χ4n) is 8.14. The minimum atomic E-state index is 0.639. The van der Waals surface area contributed by atoms with Crippen LogP contribution in [0.1, 0.15) is 0 Å². The SMILES string of the molecule is c1ccc(-c2nc(-c3ccccc3)nc(-c3cccc(-n4c5cccc6c5c5c7c(cc8ccccc8c7ccc54)-c4ccccc4-6)c3)n2)cc1. The molecule has 236 valence electrons. The summed E-state index contributed by atoms with van der Waals surface area (Å²) in [6.45, 7) is 0. The van der Waals surface area contributed by atoms with Crippen LogP contribution in [0.4, 0.5) is 0 Å². The topological polar surface area (TPSA) is 43.6 Å². The molecule has 0 N–H and O–H groups in total. The minimum absolute atomic E-state index is 0.639. The third kappa shape index (κ3) is 4.17. The fraction of sp³-hybridized carbons (Fsp3) is 0. The van der Waals surface area contributed by atoms with Gasteiger partial charge in [-0.1, -0.05) is 140 Å². The molecule has 2 heterocycles. The molecule has 4 heteroatoms. The first-order valence-corrected chi connectivity index (χ1v) is 17.3. The van der Waals surface area contributed by atoms with Crippen LogP contribution in [0.2, 0.25) is 0 Å². The molecule has 0 bridgehead atoms. The second-order valence-corrected chi connectivity index (χ2v) is 13.2. The summed E-state index contributed by atoms with van der Waals surface area (Å²) in [6.07, 6.45) is 0. The van der Waals surface area contributed by atoms with Gasteiger partial charge < -0.3 is 4.57 Å². The van der Waals surface area contributed by atoms with Gasteiger partial charge in [0.1, 0.15) is 0 Å². The molecular weight excluding hydrogens is 621 g/mol. The Hall–Kier alpha value is -6.91. The Morgan fingerprint density at radius 3 is 1.65 bits per heavy atom. The van der Waals surface area contributed by atoms with Crippen LogP contribution in [0, 0.1) is 0 Å². The van der Waals surface area contributed by atoms with E-state index in [1.165, 1.54) is 65.6 Å². The highest BCUT2D eigenvalue weighted by molar-refractivity contribution is 6.33. The molecule has 11 rings (SSSR count). The normalized spacial score (nSPS) is 11.9. The average molecular weight is 649 g/mol. The second-order valence-electron chi connectivity index (χ2n) is 13.2. The van der Waals surface area contributed by atoms with E-state index < -0.39 is 0 Å². The third-order valence-corrected chi connectivity index (χ3v) is 10.3. The van der Waals surface area contributed by atoms with Crippen molar-refractivity contribution >= 4 is 43.4 Å². The van der Waals surface area contributed by atoms with Gasteiger partial charge in [0, 0.05) is 38.5 Å². The number of fused-ring (bicyclic) bond motifs is 5. The van der Waals surface area contributed by atoms with Crippen molar-refractivity contribution in [2.75, 3.05) is 0 Å². The van der Waals surface area contributed by atoms with Crippen LogP contribution in [0.3, 0.4) is 0 Å². The monoisotopic (exact) mass is 648 g/mol. The lowest BCUT2D eigenvalue weighted by molar-refractivity contribution is 1.07. The van der Waals surface area contributed by atoms with Gasteiger partial charge in [0.2, 0.25) is 0 Å². The van der Waals surface area contributed by atoms with Gasteiger partial charge in [0.05, 0.1) is 11.0 Å². The number of nitrogens with zero attached hydrogens (tertiary/aromatic N) is 4. The zero-order valence-electron chi connectivity index (χ0n) is 27.5. The maximum Gasteiger partial charge on any atom is 0.164 e. The highest BCUT2D eigenvalue weighted by atomic mass is 15.0.